The van der Waals surface area contributed by atoms with Crippen molar-refractivity contribution < 1.29 is 19.1 Å². The number of hydrogen-bond acceptors (Lipinski definition) is 6. The standard InChI is InChI=1S/C10H10N2O4S/c1-6(10(13)14)15-5-8-11-12-9(16-8)7-3-2-4-17-7/h2-4,6H,5H2,1H3,(H,13,14). The van der Waals surface area contributed by atoms with Crippen molar-refractivity contribution in [1.29, 1.82) is 0 Å². The zero-order valence-electron chi connectivity index (χ0n) is 8.99. The van der Waals surface area contributed by atoms with Crippen LogP contribution in [0.5, 0.6) is 0 Å². The first kappa shape index (κ1) is 11.7. The normalized spacial score (nSPS) is 12.5. The van der Waals surface area contributed by atoms with Gasteiger partial charge < -0.3 is 14.3 Å². The summed E-state index contributed by atoms with van der Waals surface area (Å²) in [6.07, 6.45) is -0.896. The number of ether oxygens (including phenoxy) is 1. The van der Waals surface area contributed by atoms with Crippen molar-refractivity contribution in [2.24, 2.45) is 0 Å². The van der Waals surface area contributed by atoms with Crippen LogP contribution in [0.25, 0.3) is 10.8 Å². The van der Waals surface area contributed by atoms with Crippen molar-refractivity contribution >= 4 is 17.3 Å². The van der Waals surface area contributed by atoms with E-state index >= 15 is 0 Å². The fourth-order valence-corrected chi connectivity index (χ4v) is 1.72. The SMILES string of the molecule is CC(OCc1nnc(-c2cccs2)o1)C(=O)O. The van der Waals surface area contributed by atoms with Crippen molar-refractivity contribution in [2.45, 2.75) is 19.6 Å². The molecule has 7 heteroatoms. The van der Waals surface area contributed by atoms with Gasteiger partial charge in [-0.2, -0.15) is 0 Å². The van der Waals surface area contributed by atoms with Gasteiger partial charge in [0, 0.05) is 0 Å². The van der Waals surface area contributed by atoms with Gasteiger partial charge in [0.05, 0.1) is 4.88 Å². The maximum absolute atomic E-state index is 10.5. The molecule has 0 spiro atoms. The van der Waals surface area contributed by atoms with Crippen LogP contribution < -0.4 is 0 Å². The molecule has 0 amide bonds. The van der Waals surface area contributed by atoms with E-state index in [2.05, 4.69) is 10.2 Å². The van der Waals surface area contributed by atoms with Gasteiger partial charge in [0.2, 0.25) is 5.89 Å². The van der Waals surface area contributed by atoms with E-state index < -0.39 is 12.1 Å². The second-order valence-electron chi connectivity index (χ2n) is 3.27. The van der Waals surface area contributed by atoms with E-state index in [9.17, 15) is 4.79 Å². The molecule has 0 saturated carbocycles. The molecule has 0 bridgehead atoms. The summed E-state index contributed by atoms with van der Waals surface area (Å²) in [7, 11) is 0. The third-order valence-electron chi connectivity index (χ3n) is 2.00. The average Bonchev–Trinajstić information content (AvgIpc) is 2.95. The molecular weight excluding hydrogens is 244 g/mol. The number of hydrogen-bond donors (Lipinski definition) is 1. The Morgan fingerprint density at radius 3 is 3.12 bits per heavy atom. The number of nitrogens with zero attached hydrogens (tertiary/aromatic N) is 2. The Balaban J connectivity index is 1.97. The summed E-state index contributed by atoms with van der Waals surface area (Å²) in [5, 5.41) is 18.2. The predicted molar refractivity (Wildman–Crippen MR) is 59.5 cm³/mol. The monoisotopic (exact) mass is 254 g/mol. The van der Waals surface area contributed by atoms with Crippen molar-refractivity contribution in [3.05, 3.63) is 23.4 Å². The van der Waals surface area contributed by atoms with Crippen LogP contribution in [0.15, 0.2) is 21.9 Å². The van der Waals surface area contributed by atoms with Gasteiger partial charge in [0.15, 0.2) is 6.10 Å². The number of carbonyl (C=O) groups is 1. The maximum Gasteiger partial charge on any atom is 0.332 e. The molecule has 0 aliphatic carbocycles. The molecule has 6 nitrogen and oxygen atoms in total. The van der Waals surface area contributed by atoms with Gasteiger partial charge in [-0.15, -0.1) is 21.5 Å². The zero-order chi connectivity index (χ0) is 12.3. The first-order valence-corrected chi connectivity index (χ1v) is 5.75. The van der Waals surface area contributed by atoms with E-state index in [1.807, 2.05) is 17.5 Å². The second-order valence-corrected chi connectivity index (χ2v) is 4.22. The lowest BCUT2D eigenvalue weighted by molar-refractivity contribution is -0.150. The minimum atomic E-state index is -1.03. The Bertz CT molecular complexity index is 494. The number of thiophene rings is 1. The highest BCUT2D eigenvalue weighted by Gasteiger charge is 2.14. The van der Waals surface area contributed by atoms with Gasteiger partial charge in [0.1, 0.15) is 6.61 Å². The van der Waals surface area contributed by atoms with Crippen molar-refractivity contribution in [2.75, 3.05) is 0 Å². The highest BCUT2D eigenvalue weighted by molar-refractivity contribution is 7.13. The van der Waals surface area contributed by atoms with Crippen molar-refractivity contribution in [3.63, 3.8) is 0 Å². The van der Waals surface area contributed by atoms with Crippen LogP contribution >= 0.6 is 11.3 Å². The Morgan fingerprint density at radius 1 is 1.65 bits per heavy atom. The Labute approximate surface area is 101 Å². The minimum absolute atomic E-state index is 0.00809. The molecule has 1 atom stereocenters. The molecule has 0 aliphatic heterocycles. The number of carboxylic acid groups (broad SMARTS) is 1. The zero-order valence-corrected chi connectivity index (χ0v) is 9.81. The molecule has 0 fully saturated rings. The van der Waals surface area contributed by atoms with Gasteiger partial charge >= 0.3 is 5.97 Å². The highest BCUT2D eigenvalue weighted by Crippen LogP contribution is 2.23. The van der Waals surface area contributed by atoms with Crippen LogP contribution in [0, 0.1) is 0 Å². The Hall–Kier alpha value is -1.73. The minimum Gasteiger partial charge on any atom is -0.479 e. The van der Waals surface area contributed by atoms with Gasteiger partial charge in [-0.05, 0) is 18.4 Å². The summed E-state index contributed by atoms with van der Waals surface area (Å²) in [6.45, 7) is 1.44. The molecular formula is C10H10N2O4S. The lowest BCUT2D eigenvalue weighted by atomic mass is 10.4. The highest BCUT2D eigenvalue weighted by atomic mass is 32.1. The first-order chi connectivity index (χ1) is 8.16. The molecule has 1 unspecified atom stereocenters. The number of aromatic nitrogens is 2. The summed E-state index contributed by atoms with van der Waals surface area (Å²) in [5.41, 5.74) is 0. The fraction of sp³-hybridized carbons (Fsp3) is 0.300. The smallest absolute Gasteiger partial charge is 0.332 e. The Kier molecular flexibility index (Phi) is 3.50. The summed E-state index contributed by atoms with van der Waals surface area (Å²) < 4.78 is 10.4. The largest absolute Gasteiger partial charge is 0.479 e. The lowest BCUT2D eigenvalue weighted by Crippen LogP contribution is -2.19. The third kappa shape index (κ3) is 2.89. The van der Waals surface area contributed by atoms with Crippen molar-refractivity contribution in [3.8, 4) is 10.8 Å². The molecule has 1 N–H and O–H groups in total. The van der Waals surface area contributed by atoms with Crippen LogP contribution in [0.1, 0.15) is 12.8 Å². The quantitative estimate of drug-likeness (QED) is 0.875. The summed E-state index contributed by atoms with van der Waals surface area (Å²) >= 11 is 1.49. The molecule has 90 valence electrons. The predicted octanol–water partition coefficient (Wildman–Crippen LogP) is 1.79. The summed E-state index contributed by atoms with van der Waals surface area (Å²) in [5.74, 6) is -0.342. The van der Waals surface area contributed by atoms with E-state index in [1.54, 1.807) is 0 Å². The van der Waals surface area contributed by atoms with E-state index in [1.165, 1.54) is 18.3 Å². The second kappa shape index (κ2) is 5.07. The molecule has 2 aromatic heterocycles. The van der Waals surface area contributed by atoms with E-state index in [4.69, 9.17) is 14.3 Å². The van der Waals surface area contributed by atoms with Crippen LogP contribution in [0.4, 0.5) is 0 Å². The molecule has 2 aromatic rings. The van der Waals surface area contributed by atoms with Crippen LogP contribution in [-0.2, 0) is 16.1 Å². The number of carboxylic acids is 1. The molecule has 2 heterocycles. The molecule has 2 rings (SSSR count). The van der Waals surface area contributed by atoms with E-state index in [-0.39, 0.29) is 12.5 Å². The van der Waals surface area contributed by atoms with E-state index in [0.29, 0.717) is 5.89 Å². The molecule has 0 aromatic carbocycles. The molecule has 0 aliphatic rings. The van der Waals surface area contributed by atoms with Crippen molar-refractivity contribution in [1.82, 2.24) is 10.2 Å². The number of aliphatic carboxylic acids is 1. The summed E-state index contributed by atoms with van der Waals surface area (Å²) in [4.78, 5) is 11.4. The molecule has 0 saturated heterocycles. The van der Waals surface area contributed by atoms with Gasteiger partial charge in [-0.1, -0.05) is 6.07 Å². The topological polar surface area (TPSA) is 85.5 Å². The van der Waals surface area contributed by atoms with Crippen LogP contribution in [-0.4, -0.2) is 27.4 Å². The molecule has 17 heavy (non-hydrogen) atoms. The van der Waals surface area contributed by atoms with Crippen LogP contribution in [0.3, 0.4) is 0 Å². The lowest BCUT2D eigenvalue weighted by Gasteiger charge is -2.04. The summed E-state index contributed by atoms with van der Waals surface area (Å²) in [6, 6.07) is 3.75. The van der Waals surface area contributed by atoms with Gasteiger partial charge in [-0.25, -0.2) is 4.79 Å². The molecule has 0 radical (unpaired) electrons. The third-order valence-corrected chi connectivity index (χ3v) is 2.86. The van der Waals surface area contributed by atoms with Gasteiger partial charge in [-0.3, -0.25) is 0 Å². The number of rotatable bonds is 5. The van der Waals surface area contributed by atoms with Crippen LogP contribution in [0.2, 0.25) is 0 Å². The first-order valence-electron chi connectivity index (χ1n) is 4.87. The Morgan fingerprint density at radius 2 is 2.47 bits per heavy atom. The average molecular weight is 254 g/mol. The van der Waals surface area contributed by atoms with Gasteiger partial charge in [0.25, 0.3) is 5.89 Å². The fourth-order valence-electron chi connectivity index (χ4n) is 1.08. The maximum atomic E-state index is 10.5. The van der Waals surface area contributed by atoms with E-state index in [0.717, 1.165) is 4.88 Å².